The number of aryl methyl sites for hydroxylation is 2. The van der Waals surface area contributed by atoms with E-state index in [9.17, 15) is 18.8 Å². The lowest BCUT2D eigenvalue weighted by molar-refractivity contribution is 0.609. The standard InChI is InChI=1S/C26H23FIN3O3/c1-14-5-4-6-19(11-14)30-23-15(2)24(32)29(3)21(12-16-7-8-17(28)13-20(16)27)22(23)25(33)31(26(30)34)18-9-10-18/h4-8,11,13,18H,9-10,12H2,1-3H3. The predicted octanol–water partition coefficient (Wildman–Crippen LogP) is 4.14. The van der Waals surface area contributed by atoms with Crippen LogP contribution in [0.15, 0.2) is 56.8 Å². The van der Waals surface area contributed by atoms with E-state index in [1.165, 1.54) is 19.8 Å². The molecule has 0 unspecified atom stereocenters. The monoisotopic (exact) mass is 571 g/mol. The van der Waals surface area contributed by atoms with Crippen LogP contribution in [0.5, 0.6) is 0 Å². The van der Waals surface area contributed by atoms with Gasteiger partial charge < -0.3 is 4.57 Å². The second-order valence-electron chi connectivity index (χ2n) is 8.94. The van der Waals surface area contributed by atoms with Crippen molar-refractivity contribution < 1.29 is 4.39 Å². The third-order valence-electron chi connectivity index (χ3n) is 6.51. The van der Waals surface area contributed by atoms with Crippen LogP contribution in [0.1, 0.15) is 41.3 Å². The molecule has 174 valence electrons. The Morgan fingerprint density at radius 2 is 1.76 bits per heavy atom. The molecule has 1 saturated carbocycles. The molecule has 0 radical (unpaired) electrons. The van der Waals surface area contributed by atoms with Gasteiger partial charge >= 0.3 is 5.69 Å². The summed E-state index contributed by atoms with van der Waals surface area (Å²) in [7, 11) is 1.59. The molecule has 4 aromatic rings. The lowest BCUT2D eigenvalue weighted by Crippen LogP contribution is -2.41. The van der Waals surface area contributed by atoms with Crippen LogP contribution in [0.25, 0.3) is 16.6 Å². The normalized spacial score (nSPS) is 13.6. The summed E-state index contributed by atoms with van der Waals surface area (Å²) >= 11 is 2.04. The lowest BCUT2D eigenvalue weighted by Gasteiger charge is -2.20. The van der Waals surface area contributed by atoms with E-state index in [0.29, 0.717) is 28.0 Å². The van der Waals surface area contributed by atoms with Crippen LogP contribution in [0.3, 0.4) is 0 Å². The summed E-state index contributed by atoms with van der Waals surface area (Å²) in [6.07, 6.45) is 1.55. The van der Waals surface area contributed by atoms with E-state index in [-0.39, 0.29) is 23.4 Å². The van der Waals surface area contributed by atoms with Gasteiger partial charge in [-0.15, -0.1) is 0 Å². The Morgan fingerprint density at radius 1 is 1.03 bits per heavy atom. The topological polar surface area (TPSA) is 66.0 Å². The fraction of sp³-hybridized carbons (Fsp3) is 0.269. The minimum atomic E-state index is -0.451. The molecule has 0 aliphatic heterocycles. The van der Waals surface area contributed by atoms with Crippen LogP contribution < -0.4 is 16.8 Å². The number of pyridine rings is 1. The van der Waals surface area contributed by atoms with Gasteiger partial charge in [-0.1, -0.05) is 18.2 Å². The van der Waals surface area contributed by atoms with Crippen molar-refractivity contribution in [1.29, 1.82) is 0 Å². The quantitative estimate of drug-likeness (QED) is 0.346. The van der Waals surface area contributed by atoms with Gasteiger partial charge in [0.05, 0.1) is 16.6 Å². The molecule has 5 rings (SSSR count). The first-order valence-electron chi connectivity index (χ1n) is 11.1. The highest BCUT2D eigenvalue weighted by atomic mass is 127. The van der Waals surface area contributed by atoms with Crippen LogP contribution in [0.4, 0.5) is 4.39 Å². The Bertz CT molecular complexity index is 1660. The van der Waals surface area contributed by atoms with Gasteiger partial charge in [0.2, 0.25) is 0 Å². The SMILES string of the molecule is Cc1cccc(-n2c(=O)n(C3CC3)c(=O)c3c(Cc4ccc(I)cc4F)n(C)c(=O)c(C)c32)c1. The van der Waals surface area contributed by atoms with Crippen LogP contribution in [-0.2, 0) is 13.5 Å². The zero-order valence-electron chi connectivity index (χ0n) is 19.1. The van der Waals surface area contributed by atoms with E-state index in [2.05, 4.69) is 0 Å². The first-order chi connectivity index (χ1) is 16.2. The van der Waals surface area contributed by atoms with E-state index < -0.39 is 17.1 Å². The number of nitrogens with zero attached hydrogens (tertiary/aromatic N) is 3. The highest BCUT2D eigenvalue weighted by molar-refractivity contribution is 14.1. The zero-order chi connectivity index (χ0) is 24.3. The van der Waals surface area contributed by atoms with E-state index in [4.69, 9.17) is 0 Å². The molecule has 1 aliphatic carbocycles. The third-order valence-corrected chi connectivity index (χ3v) is 7.18. The highest BCUT2D eigenvalue weighted by Crippen LogP contribution is 2.33. The molecule has 34 heavy (non-hydrogen) atoms. The fourth-order valence-electron chi connectivity index (χ4n) is 4.60. The van der Waals surface area contributed by atoms with Gasteiger partial charge in [-0.3, -0.25) is 18.7 Å². The van der Waals surface area contributed by atoms with Crippen molar-refractivity contribution in [3.8, 4) is 5.69 Å². The summed E-state index contributed by atoms with van der Waals surface area (Å²) in [5.74, 6) is -0.400. The molecule has 0 N–H and O–H groups in total. The summed E-state index contributed by atoms with van der Waals surface area (Å²) < 4.78 is 19.7. The van der Waals surface area contributed by atoms with Crippen molar-refractivity contribution in [2.45, 2.75) is 39.2 Å². The van der Waals surface area contributed by atoms with Gasteiger partial charge in [-0.2, -0.15) is 0 Å². The highest BCUT2D eigenvalue weighted by Gasteiger charge is 2.31. The first-order valence-corrected chi connectivity index (χ1v) is 12.2. The third kappa shape index (κ3) is 3.64. The van der Waals surface area contributed by atoms with Gasteiger partial charge in [-0.25, -0.2) is 9.18 Å². The van der Waals surface area contributed by atoms with Crippen molar-refractivity contribution in [2.24, 2.45) is 7.05 Å². The zero-order valence-corrected chi connectivity index (χ0v) is 21.2. The summed E-state index contributed by atoms with van der Waals surface area (Å²) in [6.45, 7) is 3.55. The summed E-state index contributed by atoms with van der Waals surface area (Å²) in [5, 5.41) is 0.283. The summed E-state index contributed by atoms with van der Waals surface area (Å²) in [4.78, 5) is 40.7. The van der Waals surface area contributed by atoms with Gasteiger partial charge in [-0.05, 0) is 84.7 Å². The second-order valence-corrected chi connectivity index (χ2v) is 10.2. The van der Waals surface area contributed by atoms with Gasteiger partial charge in [0.15, 0.2) is 0 Å². The molecule has 0 atom stereocenters. The Kier molecular flexibility index (Phi) is 5.58. The minimum absolute atomic E-state index is 0.0528. The first kappa shape index (κ1) is 22.8. The average molecular weight is 571 g/mol. The largest absolute Gasteiger partial charge is 0.336 e. The van der Waals surface area contributed by atoms with E-state index in [0.717, 1.165) is 22.0 Å². The van der Waals surface area contributed by atoms with Gasteiger partial charge in [0, 0.05) is 34.3 Å². The Balaban J connectivity index is 1.95. The average Bonchev–Trinajstić information content (AvgIpc) is 3.62. The van der Waals surface area contributed by atoms with Crippen molar-refractivity contribution in [2.75, 3.05) is 0 Å². The molecular weight excluding hydrogens is 548 g/mol. The molecule has 2 heterocycles. The molecule has 0 amide bonds. The van der Waals surface area contributed by atoms with E-state index >= 15 is 0 Å². The molecule has 0 saturated heterocycles. The smallest absolute Gasteiger partial charge is 0.314 e. The molecule has 2 aromatic carbocycles. The molecule has 0 bridgehead atoms. The van der Waals surface area contributed by atoms with Crippen LogP contribution in [0.2, 0.25) is 0 Å². The van der Waals surface area contributed by atoms with Crippen LogP contribution in [-0.4, -0.2) is 13.7 Å². The molecule has 1 aliphatic rings. The molecule has 2 aromatic heterocycles. The summed E-state index contributed by atoms with van der Waals surface area (Å²) in [5.41, 5.74) is 1.72. The summed E-state index contributed by atoms with van der Waals surface area (Å²) in [6, 6.07) is 12.1. The number of halogens is 2. The maximum absolute atomic E-state index is 14.8. The Labute approximate surface area is 208 Å². The second kappa shape index (κ2) is 8.33. The van der Waals surface area contributed by atoms with Gasteiger partial charge in [0.25, 0.3) is 11.1 Å². The van der Waals surface area contributed by atoms with Crippen molar-refractivity contribution in [1.82, 2.24) is 13.7 Å². The number of fused-ring (bicyclic) bond motifs is 1. The molecular formula is C26H23FIN3O3. The molecule has 1 fully saturated rings. The maximum Gasteiger partial charge on any atom is 0.336 e. The number of aromatic nitrogens is 3. The van der Waals surface area contributed by atoms with Crippen molar-refractivity contribution >= 4 is 33.5 Å². The Morgan fingerprint density at radius 3 is 2.41 bits per heavy atom. The fourth-order valence-corrected chi connectivity index (χ4v) is 5.05. The number of rotatable bonds is 4. The van der Waals surface area contributed by atoms with E-state index in [1.807, 2.05) is 47.7 Å². The van der Waals surface area contributed by atoms with Crippen molar-refractivity contribution in [3.05, 3.63) is 105 Å². The number of benzene rings is 2. The number of hydrogen-bond donors (Lipinski definition) is 0. The molecule has 0 spiro atoms. The minimum Gasteiger partial charge on any atom is -0.314 e. The molecule has 6 nitrogen and oxygen atoms in total. The molecule has 8 heteroatoms. The van der Waals surface area contributed by atoms with Crippen molar-refractivity contribution in [3.63, 3.8) is 0 Å². The lowest BCUT2D eigenvalue weighted by atomic mass is 10.0. The Hall–Kier alpha value is -3.01. The van der Waals surface area contributed by atoms with Crippen LogP contribution >= 0.6 is 22.6 Å². The maximum atomic E-state index is 14.8. The van der Waals surface area contributed by atoms with E-state index in [1.54, 1.807) is 32.2 Å². The predicted molar refractivity (Wildman–Crippen MR) is 139 cm³/mol. The van der Waals surface area contributed by atoms with Crippen LogP contribution in [0, 0.1) is 23.2 Å². The number of hydrogen-bond acceptors (Lipinski definition) is 3. The van der Waals surface area contributed by atoms with Gasteiger partial charge in [0.1, 0.15) is 5.82 Å².